The van der Waals surface area contributed by atoms with Crippen molar-refractivity contribution in [3.63, 3.8) is 0 Å². The van der Waals surface area contributed by atoms with Gasteiger partial charge in [0, 0.05) is 24.0 Å². The van der Waals surface area contributed by atoms with Crippen molar-refractivity contribution in [1.82, 2.24) is 15.0 Å². The molecule has 28 heavy (non-hydrogen) atoms. The molecule has 1 aromatic carbocycles. The van der Waals surface area contributed by atoms with Gasteiger partial charge in [-0.2, -0.15) is 0 Å². The van der Waals surface area contributed by atoms with E-state index in [0.29, 0.717) is 24.7 Å². The summed E-state index contributed by atoms with van der Waals surface area (Å²) in [6.45, 7) is 5.48. The Labute approximate surface area is 163 Å². The van der Waals surface area contributed by atoms with Crippen molar-refractivity contribution in [2.45, 2.75) is 32.9 Å². The number of nitrogens with one attached hydrogen (secondary N) is 1. The molecular weight excluding hydrogens is 352 g/mol. The molecule has 1 aliphatic rings. The molecule has 0 bridgehead atoms. The first-order chi connectivity index (χ1) is 13.5. The van der Waals surface area contributed by atoms with Crippen LogP contribution in [0.15, 0.2) is 48.7 Å². The molecule has 0 unspecified atom stereocenters. The van der Waals surface area contributed by atoms with Crippen LogP contribution in [0.4, 0.5) is 17.5 Å². The van der Waals surface area contributed by atoms with Crippen molar-refractivity contribution in [2.24, 2.45) is 0 Å². The monoisotopic (exact) mass is 374 g/mol. The minimum Gasteiger partial charge on any atom is -0.368 e. The fraction of sp³-hybridized carbons (Fsp3) is 0.238. The summed E-state index contributed by atoms with van der Waals surface area (Å²) >= 11 is 0. The average molecular weight is 374 g/mol. The quantitative estimate of drug-likeness (QED) is 0.727. The van der Waals surface area contributed by atoms with Gasteiger partial charge < -0.3 is 16.0 Å². The van der Waals surface area contributed by atoms with Crippen LogP contribution in [0.5, 0.6) is 0 Å². The van der Waals surface area contributed by atoms with Crippen LogP contribution < -0.4 is 16.0 Å². The lowest BCUT2D eigenvalue weighted by Crippen LogP contribution is -2.19. The van der Waals surface area contributed by atoms with Gasteiger partial charge in [0.05, 0.1) is 12.2 Å². The van der Waals surface area contributed by atoms with E-state index >= 15 is 0 Å². The molecule has 0 atom stereocenters. The third kappa shape index (κ3) is 3.64. The second-order valence-corrected chi connectivity index (χ2v) is 7.17. The normalized spacial score (nSPS) is 12.9. The number of amides is 1. The van der Waals surface area contributed by atoms with Crippen LogP contribution in [-0.2, 0) is 13.1 Å². The number of nitrogen functional groups attached to an aromatic ring is 1. The van der Waals surface area contributed by atoms with Crippen LogP contribution >= 0.6 is 0 Å². The first-order valence-corrected chi connectivity index (χ1v) is 9.23. The number of fused-ring (bicyclic) bond motifs is 1. The largest absolute Gasteiger partial charge is 0.368 e. The van der Waals surface area contributed by atoms with Crippen molar-refractivity contribution in [3.05, 3.63) is 71.2 Å². The zero-order valence-electron chi connectivity index (χ0n) is 15.9. The van der Waals surface area contributed by atoms with Crippen LogP contribution in [0.2, 0.25) is 0 Å². The number of hydrogen-bond acceptors (Lipinski definition) is 6. The van der Waals surface area contributed by atoms with E-state index in [1.165, 1.54) is 5.56 Å². The topological polar surface area (TPSA) is 97.0 Å². The number of rotatable bonds is 4. The number of anilines is 3. The molecular formula is C21H22N6O. The smallest absolute Gasteiger partial charge is 0.274 e. The fourth-order valence-corrected chi connectivity index (χ4v) is 3.23. The van der Waals surface area contributed by atoms with Gasteiger partial charge in [-0.1, -0.05) is 32.0 Å². The number of nitrogens with two attached hydrogens (primary N) is 1. The Bertz CT molecular complexity index is 1030. The van der Waals surface area contributed by atoms with Gasteiger partial charge in [0.1, 0.15) is 11.5 Å². The highest BCUT2D eigenvalue weighted by Crippen LogP contribution is 2.26. The Morgan fingerprint density at radius 3 is 2.79 bits per heavy atom. The molecule has 0 saturated carbocycles. The standard InChI is InChI=1S/C21H22N6O/c1-13(2)14-5-3-6-16(9-14)24-20(28)17-7-4-8-19(25-17)27-11-15-10-23-21(22)26-18(15)12-27/h3-10,13H,11-12H2,1-2H3,(H,24,28)(H2,22,23,26). The van der Waals surface area contributed by atoms with Gasteiger partial charge in [-0.05, 0) is 35.7 Å². The van der Waals surface area contributed by atoms with Gasteiger partial charge in [-0.3, -0.25) is 4.79 Å². The molecule has 0 saturated heterocycles. The molecule has 3 heterocycles. The van der Waals surface area contributed by atoms with Gasteiger partial charge >= 0.3 is 0 Å². The minimum atomic E-state index is -0.233. The van der Waals surface area contributed by atoms with Crippen LogP contribution in [0.1, 0.15) is 47.1 Å². The maximum Gasteiger partial charge on any atom is 0.274 e. The molecule has 0 fully saturated rings. The maximum absolute atomic E-state index is 12.7. The predicted octanol–water partition coefficient (Wildman–Crippen LogP) is 3.35. The molecule has 0 aliphatic carbocycles. The lowest BCUT2D eigenvalue weighted by atomic mass is 10.0. The Balaban J connectivity index is 1.51. The van der Waals surface area contributed by atoms with E-state index in [2.05, 4.69) is 45.1 Å². The molecule has 1 amide bonds. The highest BCUT2D eigenvalue weighted by Gasteiger charge is 2.23. The second kappa shape index (κ2) is 7.26. The van der Waals surface area contributed by atoms with E-state index < -0.39 is 0 Å². The van der Waals surface area contributed by atoms with Crippen molar-refractivity contribution in [2.75, 3.05) is 16.0 Å². The fourth-order valence-electron chi connectivity index (χ4n) is 3.23. The Morgan fingerprint density at radius 2 is 1.96 bits per heavy atom. The highest BCUT2D eigenvalue weighted by molar-refractivity contribution is 6.03. The van der Waals surface area contributed by atoms with Gasteiger partial charge in [0.2, 0.25) is 5.95 Å². The zero-order valence-corrected chi connectivity index (χ0v) is 15.9. The predicted molar refractivity (Wildman–Crippen MR) is 109 cm³/mol. The molecule has 7 nitrogen and oxygen atoms in total. The summed E-state index contributed by atoms with van der Waals surface area (Å²) in [6.07, 6.45) is 1.75. The molecule has 7 heteroatoms. The van der Waals surface area contributed by atoms with E-state index in [4.69, 9.17) is 5.73 Å². The Morgan fingerprint density at radius 1 is 1.14 bits per heavy atom. The molecule has 0 radical (unpaired) electrons. The number of carbonyl (C=O) groups excluding carboxylic acids is 1. The van der Waals surface area contributed by atoms with Gasteiger partial charge in [0.15, 0.2) is 0 Å². The van der Waals surface area contributed by atoms with Crippen LogP contribution in [0, 0.1) is 0 Å². The summed E-state index contributed by atoms with van der Waals surface area (Å²) in [5, 5.41) is 2.94. The van der Waals surface area contributed by atoms with Crippen LogP contribution in [0.3, 0.4) is 0 Å². The third-order valence-corrected chi connectivity index (χ3v) is 4.78. The molecule has 3 aromatic rings. The summed E-state index contributed by atoms with van der Waals surface area (Å²) < 4.78 is 0. The van der Waals surface area contributed by atoms with Crippen molar-refractivity contribution in [3.8, 4) is 0 Å². The minimum absolute atomic E-state index is 0.233. The Kier molecular flexibility index (Phi) is 4.65. The van der Waals surface area contributed by atoms with Gasteiger partial charge in [-0.15, -0.1) is 0 Å². The number of pyridine rings is 1. The lowest BCUT2D eigenvalue weighted by molar-refractivity contribution is 0.102. The summed E-state index contributed by atoms with van der Waals surface area (Å²) in [7, 11) is 0. The van der Waals surface area contributed by atoms with E-state index in [-0.39, 0.29) is 11.9 Å². The number of benzene rings is 1. The molecule has 4 rings (SSSR count). The van der Waals surface area contributed by atoms with Gasteiger partial charge in [0.25, 0.3) is 5.91 Å². The molecule has 0 spiro atoms. The zero-order chi connectivity index (χ0) is 19.7. The Hall–Kier alpha value is -3.48. The summed E-state index contributed by atoms with van der Waals surface area (Å²) in [4.78, 5) is 27.6. The molecule has 2 aromatic heterocycles. The summed E-state index contributed by atoms with van der Waals surface area (Å²) in [6, 6.07) is 13.3. The van der Waals surface area contributed by atoms with Crippen LogP contribution in [0.25, 0.3) is 0 Å². The molecule has 3 N–H and O–H groups in total. The highest BCUT2D eigenvalue weighted by atomic mass is 16.1. The summed E-state index contributed by atoms with van der Waals surface area (Å²) in [5.41, 5.74) is 9.91. The van der Waals surface area contributed by atoms with Crippen molar-refractivity contribution >= 4 is 23.4 Å². The number of carbonyl (C=O) groups is 1. The molecule has 1 aliphatic heterocycles. The van der Waals surface area contributed by atoms with Crippen molar-refractivity contribution < 1.29 is 4.79 Å². The number of aromatic nitrogens is 3. The average Bonchev–Trinajstić information content (AvgIpc) is 3.11. The first kappa shape index (κ1) is 17.9. The second-order valence-electron chi connectivity index (χ2n) is 7.17. The maximum atomic E-state index is 12.7. The van der Waals surface area contributed by atoms with E-state index in [1.54, 1.807) is 12.3 Å². The van der Waals surface area contributed by atoms with Gasteiger partial charge in [-0.25, -0.2) is 15.0 Å². The third-order valence-electron chi connectivity index (χ3n) is 4.78. The van der Waals surface area contributed by atoms with E-state index in [1.807, 2.05) is 30.3 Å². The number of nitrogens with zero attached hydrogens (tertiary/aromatic N) is 4. The first-order valence-electron chi connectivity index (χ1n) is 9.23. The molecule has 142 valence electrons. The van der Waals surface area contributed by atoms with E-state index in [0.717, 1.165) is 22.8 Å². The summed E-state index contributed by atoms with van der Waals surface area (Å²) in [5.74, 6) is 1.15. The van der Waals surface area contributed by atoms with Crippen LogP contribution in [-0.4, -0.2) is 20.9 Å². The van der Waals surface area contributed by atoms with Crippen molar-refractivity contribution in [1.29, 1.82) is 0 Å². The SMILES string of the molecule is CC(C)c1cccc(NC(=O)c2cccc(N3Cc4cnc(N)nc4C3)n2)c1. The number of hydrogen-bond donors (Lipinski definition) is 2. The lowest BCUT2D eigenvalue weighted by Gasteiger charge is -2.17. The van der Waals surface area contributed by atoms with E-state index in [9.17, 15) is 4.79 Å².